The molecular formula is C20H30N2O5. The van der Waals surface area contributed by atoms with Crippen molar-refractivity contribution < 1.29 is 23.7 Å². The van der Waals surface area contributed by atoms with Crippen molar-refractivity contribution in [2.75, 3.05) is 13.7 Å². The molecule has 0 aromatic heterocycles. The molecule has 7 heteroatoms. The Morgan fingerprint density at radius 1 is 1.26 bits per heavy atom. The molecule has 7 nitrogen and oxygen atoms in total. The Hall–Kier alpha value is -1.67. The van der Waals surface area contributed by atoms with Gasteiger partial charge < -0.3 is 29.6 Å². The summed E-state index contributed by atoms with van der Waals surface area (Å²) in [5.74, 6) is -0.695. The van der Waals surface area contributed by atoms with Gasteiger partial charge in [-0.15, -0.1) is 0 Å². The first kappa shape index (κ1) is 20.1. The second-order valence-corrected chi connectivity index (χ2v) is 7.73. The first-order valence-corrected chi connectivity index (χ1v) is 9.43. The molecule has 2 aliphatic heterocycles. The van der Waals surface area contributed by atoms with E-state index in [0.717, 1.165) is 5.56 Å². The minimum atomic E-state index is -0.695. The predicted molar refractivity (Wildman–Crippen MR) is 100 cm³/mol. The van der Waals surface area contributed by atoms with Gasteiger partial charge in [-0.25, -0.2) is 4.79 Å². The Labute approximate surface area is 160 Å². The number of carbonyl (C=O) groups is 1. The number of carbonyl (C=O) groups excluding carboxylic acids is 1. The van der Waals surface area contributed by atoms with Gasteiger partial charge in [-0.2, -0.15) is 0 Å². The van der Waals surface area contributed by atoms with Crippen LogP contribution in [0.2, 0.25) is 0 Å². The zero-order valence-corrected chi connectivity index (χ0v) is 16.7. The zero-order valence-electron chi connectivity index (χ0n) is 16.7. The quantitative estimate of drug-likeness (QED) is 0.795. The van der Waals surface area contributed by atoms with Crippen molar-refractivity contribution in [3.63, 3.8) is 0 Å². The summed E-state index contributed by atoms with van der Waals surface area (Å²) in [6, 6.07) is 9.65. The Kier molecular flexibility index (Phi) is 5.76. The highest BCUT2D eigenvalue weighted by Crippen LogP contribution is 2.41. The predicted octanol–water partition coefficient (Wildman–Crippen LogP) is 2.50. The molecule has 0 saturated carbocycles. The van der Waals surface area contributed by atoms with E-state index in [1.54, 1.807) is 7.11 Å². The van der Waals surface area contributed by atoms with Crippen LogP contribution in [0.5, 0.6) is 0 Å². The first-order valence-electron chi connectivity index (χ1n) is 9.43. The van der Waals surface area contributed by atoms with Crippen LogP contribution in [0.3, 0.4) is 0 Å². The SMILES string of the molecule is CCNC(=O)NC(C)(CC1OC2OC(C)(C)OC2C1OC)c1ccccc1. The maximum absolute atomic E-state index is 12.3. The summed E-state index contributed by atoms with van der Waals surface area (Å²) in [6.07, 6.45) is -0.810. The molecule has 0 spiro atoms. The van der Waals surface area contributed by atoms with Crippen LogP contribution in [-0.4, -0.2) is 50.1 Å². The third kappa shape index (κ3) is 4.27. The van der Waals surface area contributed by atoms with Crippen LogP contribution in [0.25, 0.3) is 0 Å². The lowest BCUT2D eigenvalue weighted by Crippen LogP contribution is -2.51. The lowest BCUT2D eigenvalue weighted by Gasteiger charge is -2.35. The normalized spacial score (nSPS) is 31.1. The molecule has 2 aliphatic rings. The Morgan fingerprint density at radius 3 is 2.59 bits per heavy atom. The van der Waals surface area contributed by atoms with Gasteiger partial charge in [0.25, 0.3) is 0 Å². The topological polar surface area (TPSA) is 78.1 Å². The smallest absolute Gasteiger partial charge is 0.315 e. The van der Waals surface area contributed by atoms with E-state index in [-0.39, 0.29) is 24.3 Å². The van der Waals surface area contributed by atoms with Crippen LogP contribution in [0.1, 0.15) is 39.7 Å². The van der Waals surface area contributed by atoms with Gasteiger partial charge in [-0.1, -0.05) is 30.3 Å². The Morgan fingerprint density at radius 2 is 1.96 bits per heavy atom. The monoisotopic (exact) mass is 378 g/mol. The van der Waals surface area contributed by atoms with Crippen molar-refractivity contribution in [3.8, 4) is 0 Å². The van der Waals surface area contributed by atoms with Crippen LogP contribution >= 0.6 is 0 Å². The third-order valence-corrected chi connectivity index (χ3v) is 5.11. The molecule has 5 unspecified atom stereocenters. The number of rotatable bonds is 6. The number of hydrogen-bond acceptors (Lipinski definition) is 5. The lowest BCUT2D eigenvalue weighted by molar-refractivity contribution is -0.218. The fourth-order valence-electron chi connectivity index (χ4n) is 3.90. The molecule has 2 N–H and O–H groups in total. The van der Waals surface area contributed by atoms with Crippen LogP contribution in [0.4, 0.5) is 4.79 Å². The molecule has 2 amide bonds. The van der Waals surface area contributed by atoms with Gasteiger partial charge in [0.15, 0.2) is 12.1 Å². The first-order chi connectivity index (χ1) is 12.8. The number of benzene rings is 1. The molecule has 0 aliphatic carbocycles. The van der Waals surface area contributed by atoms with Crippen molar-refractivity contribution in [3.05, 3.63) is 35.9 Å². The highest BCUT2D eigenvalue weighted by atomic mass is 16.8. The molecule has 1 aromatic carbocycles. The maximum atomic E-state index is 12.3. The van der Waals surface area contributed by atoms with Crippen molar-refractivity contribution in [1.82, 2.24) is 10.6 Å². The molecule has 0 radical (unpaired) electrons. The average molecular weight is 378 g/mol. The molecule has 5 atom stereocenters. The van der Waals surface area contributed by atoms with Crippen LogP contribution in [0, 0.1) is 0 Å². The maximum Gasteiger partial charge on any atom is 0.315 e. The third-order valence-electron chi connectivity index (χ3n) is 5.11. The average Bonchev–Trinajstić information content (AvgIpc) is 3.06. The fraction of sp³-hybridized carbons (Fsp3) is 0.650. The number of amides is 2. The number of fused-ring (bicyclic) bond motifs is 1. The molecule has 3 rings (SSSR count). The molecule has 2 heterocycles. The summed E-state index contributed by atoms with van der Waals surface area (Å²) in [5.41, 5.74) is 0.352. The van der Waals surface area contributed by atoms with E-state index in [0.29, 0.717) is 13.0 Å². The van der Waals surface area contributed by atoms with Crippen molar-refractivity contribution in [2.24, 2.45) is 0 Å². The van der Waals surface area contributed by atoms with E-state index in [1.165, 1.54) is 0 Å². The number of nitrogens with one attached hydrogen (secondary N) is 2. The van der Waals surface area contributed by atoms with Crippen molar-refractivity contribution in [1.29, 1.82) is 0 Å². The van der Waals surface area contributed by atoms with Gasteiger partial charge in [0.2, 0.25) is 0 Å². The summed E-state index contributed by atoms with van der Waals surface area (Å²) < 4.78 is 23.7. The van der Waals surface area contributed by atoms with Gasteiger partial charge >= 0.3 is 6.03 Å². The van der Waals surface area contributed by atoms with E-state index in [4.69, 9.17) is 18.9 Å². The summed E-state index contributed by atoms with van der Waals surface area (Å²) >= 11 is 0. The van der Waals surface area contributed by atoms with Crippen LogP contribution in [0.15, 0.2) is 30.3 Å². The van der Waals surface area contributed by atoms with Gasteiger partial charge in [-0.05, 0) is 33.3 Å². The van der Waals surface area contributed by atoms with Crippen molar-refractivity contribution in [2.45, 2.75) is 70.0 Å². The largest absolute Gasteiger partial charge is 0.376 e. The molecule has 150 valence electrons. The van der Waals surface area contributed by atoms with Crippen molar-refractivity contribution >= 4 is 6.03 Å². The number of urea groups is 1. The second kappa shape index (κ2) is 7.75. The summed E-state index contributed by atoms with van der Waals surface area (Å²) in [6.45, 7) is 8.16. The van der Waals surface area contributed by atoms with E-state index in [9.17, 15) is 4.79 Å². The van der Waals surface area contributed by atoms with E-state index < -0.39 is 17.6 Å². The van der Waals surface area contributed by atoms with Crippen LogP contribution in [-0.2, 0) is 24.5 Å². The molecule has 2 fully saturated rings. The number of hydrogen-bond donors (Lipinski definition) is 2. The molecule has 0 bridgehead atoms. The standard InChI is InChI=1S/C20H30N2O5/c1-6-21-18(23)22-20(4,13-10-8-7-9-11-13)12-14-15(24-5)16-17(25-14)27-19(2,3)26-16/h7-11,14-17H,6,12H2,1-5H3,(H2,21,22,23). The van der Waals surface area contributed by atoms with Crippen LogP contribution < -0.4 is 10.6 Å². The van der Waals surface area contributed by atoms with Gasteiger partial charge in [0.1, 0.15) is 12.2 Å². The minimum Gasteiger partial charge on any atom is -0.376 e. The lowest BCUT2D eigenvalue weighted by atomic mass is 9.85. The van der Waals surface area contributed by atoms with Gasteiger partial charge in [0, 0.05) is 20.1 Å². The van der Waals surface area contributed by atoms with E-state index in [1.807, 2.05) is 58.0 Å². The Balaban J connectivity index is 1.81. The summed E-state index contributed by atoms with van der Waals surface area (Å²) in [4.78, 5) is 12.3. The molecule has 2 saturated heterocycles. The fourth-order valence-corrected chi connectivity index (χ4v) is 3.90. The minimum absolute atomic E-state index is 0.218. The highest BCUT2D eigenvalue weighted by molar-refractivity contribution is 5.75. The summed E-state index contributed by atoms with van der Waals surface area (Å²) in [7, 11) is 1.65. The van der Waals surface area contributed by atoms with Gasteiger partial charge in [-0.3, -0.25) is 0 Å². The number of ether oxygens (including phenoxy) is 4. The van der Waals surface area contributed by atoms with E-state index in [2.05, 4.69) is 10.6 Å². The molecule has 27 heavy (non-hydrogen) atoms. The second-order valence-electron chi connectivity index (χ2n) is 7.73. The highest BCUT2D eigenvalue weighted by Gasteiger charge is 2.56. The van der Waals surface area contributed by atoms with E-state index >= 15 is 0 Å². The molecule has 1 aromatic rings. The Bertz CT molecular complexity index is 653. The zero-order chi connectivity index (χ0) is 19.7. The van der Waals surface area contributed by atoms with Gasteiger partial charge in [0.05, 0.1) is 11.6 Å². The molecular weight excluding hydrogens is 348 g/mol. The number of methoxy groups -OCH3 is 1. The summed E-state index contributed by atoms with van der Waals surface area (Å²) in [5, 5.41) is 5.90.